The topological polar surface area (TPSA) is 59.2 Å². The second-order valence-electron chi connectivity index (χ2n) is 4.66. The summed E-state index contributed by atoms with van der Waals surface area (Å²) in [5.41, 5.74) is 9.00. The molecule has 2 amide bonds. The molecule has 1 aliphatic heterocycles. The van der Waals surface area contributed by atoms with Gasteiger partial charge in [0.1, 0.15) is 0 Å². The lowest BCUT2D eigenvalue weighted by atomic mass is 9.89. The highest BCUT2D eigenvalue weighted by atomic mass is 16.2. The maximum Gasteiger partial charge on any atom is 0.315 e. The normalized spacial score (nSPS) is 17.9. The molecule has 0 radical (unpaired) electrons. The van der Waals surface area contributed by atoms with Gasteiger partial charge in [0.2, 0.25) is 0 Å². The summed E-state index contributed by atoms with van der Waals surface area (Å²) in [7, 11) is 0. The van der Waals surface area contributed by atoms with E-state index in [0.29, 0.717) is 6.54 Å². The van der Waals surface area contributed by atoms with Crippen molar-refractivity contribution in [3.05, 3.63) is 65.5 Å². The van der Waals surface area contributed by atoms with Crippen molar-refractivity contribution >= 4 is 6.03 Å². The Labute approximate surface area is 111 Å². The van der Waals surface area contributed by atoms with E-state index < -0.39 is 0 Å². The number of carbonyl (C=O) groups excluding carboxylic acids is 1. The Morgan fingerprint density at radius 3 is 2.68 bits per heavy atom. The molecule has 0 saturated heterocycles. The first kappa shape index (κ1) is 11.7. The monoisotopic (exact) mass is 253 g/mol. The summed E-state index contributed by atoms with van der Waals surface area (Å²) in [5, 5.41) is 0. The van der Waals surface area contributed by atoms with E-state index in [1.165, 1.54) is 5.56 Å². The molecule has 0 aliphatic carbocycles. The van der Waals surface area contributed by atoms with Crippen molar-refractivity contribution in [3.63, 3.8) is 0 Å². The minimum atomic E-state index is -0.378. The fourth-order valence-corrected chi connectivity index (χ4v) is 2.71. The van der Waals surface area contributed by atoms with Crippen LogP contribution < -0.4 is 5.73 Å². The number of aromatic nitrogens is 1. The van der Waals surface area contributed by atoms with Crippen LogP contribution >= 0.6 is 0 Å². The van der Waals surface area contributed by atoms with E-state index in [-0.39, 0.29) is 12.1 Å². The van der Waals surface area contributed by atoms with Gasteiger partial charge in [0.25, 0.3) is 0 Å². The van der Waals surface area contributed by atoms with Crippen molar-refractivity contribution < 1.29 is 4.79 Å². The van der Waals surface area contributed by atoms with E-state index in [0.717, 1.165) is 17.5 Å². The van der Waals surface area contributed by atoms with Crippen molar-refractivity contribution in [2.24, 2.45) is 5.73 Å². The Balaban J connectivity index is 2.13. The van der Waals surface area contributed by atoms with Gasteiger partial charge >= 0.3 is 6.03 Å². The van der Waals surface area contributed by atoms with Gasteiger partial charge in [-0.15, -0.1) is 0 Å². The van der Waals surface area contributed by atoms with Crippen LogP contribution in [-0.2, 0) is 6.42 Å². The summed E-state index contributed by atoms with van der Waals surface area (Å²) in [4.78, 5) is 17.4. The van der Waals surface area contributed by atoms with E-state index in [9.17, 15) is 4.79 Å². The molecule has 0 saturated carbocycles. The summed E-state index contributed by atoms with van der Waals surface area (Å²) < 4.78 is 0. The predicted molar refractivity (Wildman–Crippen MR) is 72.5 cm³/mol. The highest BCUT2D eigenvalue weighted by molar-refractivity contribution is 5.74. The number of hydrogen-bond donors (Lipinski definition) is 1. The highest BCUT2D eigenvalue weighted by Gasteiger charge is 2.30. The molecule has 0 spiro atoms. The average Bonchev–Trinajstić information content (AvgIpc) is 2.46. The molecule has 1 aromatic heterocycles. The Kier molecular flexibility index (Phi) is 2.91. The van der Waals surface area contributed by atoms with Crippen LogP contribution in [0, 0.1) is 0 Å². The third kappa shape index (κ3) is 2.05. The number of rotatable bonds is 1. The molecule has 4 nitrogen and oxygen atoms in total. The number of benzene rings is 1. The smallest absolute Gasteiger partial charge is 0.315 e. The first-order chi connectivity index (χ1) is 9.27. The van der Waals surface area contributed by atoms with Crippen LogP contribution in [0.4, 0.5) is 4.79 Å². The fourth-order valence-electron chi connectivity index (χ4n) is 2.71. The summed E-state index contributed by atoms with van der Waals surface area (Å²) in [6.45, 7) is 0.652. The van der Waals surface area contributed by atoms with E-state index in [2.05, 4.69) is 17.1 Å². The summed E-state index contributed by atoms with van der Waals surface area (Å²) in [5.74, 6) is 0. The van der Waals surface area contributed by atoms with E-state index in [4.69, 9.17) is 5.73 Å². The molecule has 0 bridgehead atoms. The second kappa shape index (κ2) is 4.72. The maximum atomic E-state index is 11.7. The average molecular weight is 253 g/mol. The molecule has 0 fully saturated rings. The van der Waals surface area contributed by atoms with Gasteiger partial charge in [0.05, 0.1) is 6.04 Å². The molecule has 1 aliphatic rings. The number of amides is 2. The third-order valence-corrected chi connectivity index (χ3v) is 3.59. The number of hydrogen-bond acceptors (Lipinski definition) is 2. The minimum absolute atomic E-state index is 0.106. The Morgan fingerprint density at radius 2 is 1.95 bits per heavy atom. The number of primary amides is 1. The van der Waals surface area contributed by atoms with Gasteiger partial charge in [-0.1, -0.05) is 24.3 Å². The molecule has 2 N–H and O–H groups in total. The van der Waals surface area contributed by atoms with E-state index in [1.807, 2.05) is 24.3 Å². The maximum absolute atomic E-state index is 11.7. The zero-order valence-corrected chi connectivity index (χ0v) is 10.5. The highest BCUT2D eigenvalue weighted by Crippen LogP contribution is 2.34. The Bertz CT molecular complexity index is 597. The summed E-state index contributed by atoms with van der Waals surface area (Å²) >= 11 is 0. The number of nitrogens with zero attached hydrogens (tertiary/aromatic N) is 2. The van der Waals surface area contributed by atoms with E-state index in [1.54, 1.807) is 17.3 Å². The predicted octanol–water partition coefficient (Wildman–Crippen LogP) is 2.11. The quantitative estimate of drug-likeness (QED) is 0.846. The zero-order chi connectivity index (χ0) is 13.2. The van der Waals surface area contributed by atoms with Crippen molar-refractivity contribution in [3.8, 4) is 0 Å². The number of pyridine rings is 1. The number of carbonyl (C=O) groups is 1. The van der Waals surface area contributed by atoms with Crippen LogP contribution in [-0.4, -0.2) is 22.5 Å². The third-order valence-electron chi connectivity index (χ3n) is 3.59. The van der Waals surface area contributed by atoms with Gasteiger partial charge in [-0.25, -0.2) is 4.79 Å². The molecule has 2 heterocycles. The first-order valence-electron chi connectivity index (χ1n) is 6.31. The van der Waals surface area contributed by atoms with Gasteiger partial charge in [-0.3, -0.25) is 4.98 Å². The lowest BCUT2D eigenvalue weighted by Crippen LogP contribution is -2.43. The van der Waals surface area contributed by atoms with Crippen molar-refractivity contribution in [2.45, 2.75) is 12.5 Å². The molecular weight excluding hydrogens is 238 g/mol. The minimum Gasteiger partial charge on any atom is -0.351 e. The van der Waals surface area contributed by atoms with Crippen molar-refractivity contribution in [1.82, 2.24) is 9.88 Å². The van der Waals surface area contributed by atoms with E-state index >= 15 is 0 Å². The van der Waals surface area contributed by atoms with Crippen LogP contribution in [0.2, 0.25) is 0 Å². The molecule has 4 heteroatoms. The molecular formula is C15H15N3O. The molecule has 3 rings (SSSR count). The lowest BCUT2D eigenvalue weighted by Gasteiger charge is -2.36. The van der Waals surface area contributed by atoms with Gasteiger partial charge in [-0.2, -0.15) is 0 Å². The summed E-state index contributed by atoms with van der Waals surface area (Å²) in [6, 6.07) is 11.6. The van der Waals surface area contributed by atoms with Crippen molar-refractivity contribution in [2.75, 3.05) is 6.54 Å². The molecule has 2 aromatic rings. The molecule has 1 aromatic carbocycles. The van der Waals surface area contributed by atoms with Crippen molar-refractivity contribution in [1.29, 1.82) is 0 Å². The van der Waals surface area contributed by atoms with Crippen LogP contribution in [0.1, 0.15) is 22.7 Å². The second-order valence-corrected chi connectivity index (χ2v) is 4.66. The van der Waals surface area contributed by atoms with Gasteiger partial charge in [0, 0.05) is 18.9 Å². The molecule has 1 unspecified atom stereocenters. The molecule has 96 valence electrons. The van der Waals surface area contributed by atoms with Crippen LogP contribution in [0.5, 0.6) is 0 Å². The van der Waals surface area contributed by atoms with Crippen LogP contribution in [0.3, 0.4) is 0 Å². The van der Waals surface area contributed by atoms with Crippen LogP contribution in [0.25, 0.3) is 0 Å². The molecule has 19 heavy (non-hydrogen) atoms. The van der Waals surface area contributed by atoms with Gasteiger partial charge in [-0.05, 0) is 35.2 Å². The summed E-state index contributed by atoms with van der Waals surface area (Å²) in [6.07, 6.45) is 4.33. The standard InChI is InChI=1S/C15H15N3O/c16-15(19)18-10-7-11-3-1-2-4-13(11)14(18)12-5-8-17-9-6-12/h1-6,8-9,14H,7,10H2,(H2,16,19). The molecule has 1 atom stereocenters. The SMILES string of the molecule is NC(=O)N1CCc2ccccc2C1c1ccncc1. The number of fused-ring (bicyclic) bond motifs is 1. The Hall–Kier alpha value is -2.36. The first-order valence-corrected chi connectivity index (χ1v) is 6.31. The lowest BCUT2D eigenvalue weighted by molar-refractivity contribution is 0.190. The van der Waals surface area contributed by atoms with Crippen LogP contribution in [0.15, 0.2) is 48.8 Å². The number of urea groups is 1. The van der Waals surface area contributed by atoms with Gasteiger partial charge in [0.15, 0.2) is 0 Å². The fraction of sp³-hybridized carbons (Fsp3) is 0.200. The number of nitrogens with two attached hydrogens (primary N) is 1. The largest absolute Gasteiger partial charge is 0.351 e. The van der Waals surface area contributed by atoms with Gasteiger partial charge < -0.3 is 10.6 Å². The zero-order valence-electron chi connectivity index (χ0n) is 10.5. The Morgan fingerprint density at radius 1 is 1.21 bits per heavy atom.